The molecule has 12 nitrogen and oxygen atoms in total. The van der Waals surface area contributed by atoms with Gasteiger partial charge in [0.1, 0.15) is 0 Å². The fraction of sp³-hybridized carbons (Fsp3) is 0.455. The van der Waals surface area contributed by atoms with E-state index >= 15 is 0 Å². The number of ether oxygens (including phenoxy) is 3. The molecule has 1 aliphatic rings. The molecule has 0 fully saturated rings. The third-order valence-electron chi connectivity index (χ3n) is 3.84. The van der Waals surface area contributed by atoms with Crippen LogP contribution in [0.15, 0.2) is 36.5 Å². The highest BCUT2D eigenvalue weighted by molar-refractivity contribution is 6.02. The third kappa shape index (κ3) is 12.8. The Balaban J connectivity index is 0. The van der Waals surface area contributed by atoms with E-state index in [2.05, 4.69) is 26.1 Å². The first-order valence-electron chi connectivity index (χ1n) is 9.95. The molecule has 34 heavy (non-hydrogen) atoms. The second-order valence-corrected chi connectivity index (χ2v) is 6.62. The van der Waals surface area contributed by atoms with Crippen molar-refractivity contribution in [1.82, 2.24) is 5.32 Å². The van der Waals surface area contributed by atoms with Gasteiger partial charge in [0, 0.05) is 18.6 Å². The Kier molecular flexibility index (Phi) is 15.8. The van der Waals surface area contributed by atoms with Gasteiger partial charge in [-0.3, -0.25) is 9.59 Å². The van der Waals surface area contributed by atoms with Gasteiger partial charge in [-0.1, -0.05) is 24.8 Å². The van der Waals surface area contributed by atoms with E-state index in [9.17, 15) is 28.8 Å². The molecule has 0 aliphatic heterocycles. The zero-order valence-electron chi connectivity index (χ0n) is 19.8. The zero-order valence-corrected chi connectivity index (χ0v) is 19.8. The van der Waals surface area contributed by atoms with Crippen molar-refractivity contribution in [3.63, 3.8) is 0 Å². The van der Waals surface area contributed by atoms with E-state index in [0.29, 0.717) is 0 Å². The van der Waals surface area contributed by atoms with Gasteiger partial charge in [0.15, 0.2) is 0 Å². The summed E-state index contributed by atoms with van der Waals surface area (Å²) < 4.78 is 13.4. The maximum Gasteiger partial charge on any atom is 0.340 e. The number of carbonyl (C=O) groups is 6. The second-order valence-electron chi connectivity index (χ2n) is 6.62. The van der Waals surface area contributed by atoms with Crippen LogP contribution in [0.4, 0.5) is 0 Å². The summed E-state index contributed by atoms with van der Waals surface area (Å²) in [5.74, 6) is -4.58. The average molecular weight is 485 g/mol. The molecule has 0 spiro atoms. The number of carbonyl (C=O) groups excluding carboxylic acids is 4. The van der Waals surface area contributed by atoms with Crippen LogP contribution in [-0.4, -0.2) is 72.3 Å². The van der Waals surface area contributed by atoms with Crippen molar-refractivity contribution in [3.05, 3.63) is 36.5 Å². The normalized spacial score (nSPS) is 15.6. The SMILES string of the molecule is C=CC(=O)OC.CC1(C(=O)O)C=CC=C(C(=O)O)C1.CCOC(=O)C(NC(C)=O)C(=O)OCC. The fourth-order valence-corrected chi connectivity index (χ4v) is 2.14. The number of carboxylic acid groups (broad SMARTS) is 2. The van der Waals surface area contributed by atoms with Gasteiger partial charge < -0.3 is 29.7 Å². The molecule has 1 amide bonds. The summed E-state index contributed by atoms with van der Waals surface area (Å²) >= 11 is 0. The van der Waals surface area contributed by atoms with E-state index in [0.717, 1.165) is 6.08 Å². The van der Waals surface area contributed by atoms with E-state index < -0.39 is 47.2 Å². The van der Waals surface area contributed by atoms with Gasteiger partial charge >= 0.3 is 29.8 Å². The van der Waals surface area contributed by atoms with Crippen LogP contribution in [0.2, 0.25) is 0 Å². The van der Waals surface area contributed by atoms with Crippen LogP contribution in [-0.2, 0) is 43.0 Å². The third-order valence-corrected chi connectivity index (χ3v) is 3.84. The van der Waals surface area contributed by atoms with Crippen molar-refractivity contribution in [1.29, 1.82) is 0 Å². The highest BCUT2D eigenvalue weighted by atomic mass is 16.6. The minimum absolute atomic E-state index is 0.0359. The van der Waals surface area contributed by atoms with Gasteiger partial charge in [-0.2, -0.15) is 0 Å². The van der Waals surface area contributed by atoms with E-state index in [1.807, 2.05) is 0 Å². The Morgan fingerprint density at radius 1 is 1.12 bits per heavy atom. The van der Waals surface area contributed by atoms with Crippen LogP contribution in [0.5, 0.6) is 0 Å². The molecular formula is C22H31NO11. The lowest BCUT2D eigenvalue weighted by molar-refractivity contribution is -0.159. The predicted octanol–water partition coefficient (Wildman–Crippen LogP) is 1.01. The Hall–Kier alpha value is -3.96. The standard InChI is InChI=1S/C9H15NO5.C9H10O4.C4H6O2/c1-4-14-8(12)7(10-6(3)11)9(13)15-5-2;1-9(8(12)13)4-2-3-6(5-9)7(10)11;1-3-4(5)6-2/h7H,4-5H2,1-3H3,(H,10,11);2-4H,5H2,1H3,(H,10,11)(H,12,13);3H,1H2,2H3. The zero-order chi connectivity index (χ0) is 26.9. The molecule has 0 aromatic heterocycles. The van der Waals surface area contributed by atoms with E-state index in [1.54, 1.807) is 13.8 Å². The van der Waals surface area contributed by atoms with Gasteiger partial charge in [0.25, 0.3) is 0 Å². The summed E-state index contributed by atoms with van der Waals surface area (Å²) in [6, 6.07) is -1.37. The van der Waals surface area contributed by atoms with Crippen molar-refractivity contribution in [2.24, 2.45) is 5.41 Å². The molecular weight excluding hydrogens is 454 g/mol. The molecule has 0 saturated carbocycles. The summed E-state index contributed by atoms with van der Waals surface area (Å²) in [7, 11) is 1.31. The molecule has 1 atom stereocenters. The minimum Gasteiger partial charge on any atom is -0.481 e. The van der Waals surface area contributed by atoms with Crippen LogP contribution in [0, 0.1) is 5.41 Å². The number of allylic oxidation sites excluding steroid dienone is 2. The van der Waals surface area contributed by atoms with Crippen LogP contribution in [0.1, 0.15) is 34.1 Å². The molecule has 0 saturated heterocycles. The molecule has 1 rings (SSSR count). The molecule has 3 N–H and O–H groups in total. The Morgan fingerprint density at radius 2 is 1.62 bits per heavy atom. The lowest BCUT2D eigenvalue weighted by Gasteiger charge is -2.23. The summed E-state index contributed by atoms with van der Waals surface area (Å²) in [5.41, 5.74) is -0.949. The van der Waals surface area contributed by atoms with Gasteiger partial charge in [0.05, 0.1) is 25.7 Å². The van der Waals surface area contributed by atoms with Crippen LogP contribution < -0.4 is 5.32 Å². The number of methoxy groups -OCH3 is 1. The fourth-order valence-electron chi connectivity index (χ4n) is 2.14. The highest BCUT2D eigenvalue weighted by Crippen LogP contribution is 2.31. The van der Waals surface area contributed by atoms with Gasteiger partial charge in [-0.15, -0.1) is 0 Å². The summed E-state index contributed by atoms with van der Waals surface area (Å²) in [6.45, 7) is 9.34. The van der Waals surface area contributed by atoms with Crippen molar-refractivity contribution in [2.75, 3.05) is 20.3 Å². The van der Waals surface area contributed by atoms with Crippen LogP contribution in [0.3, 0.4) is 0 Å². The van der Waals surface area contributed by atoms with Crippen molar-refractivity contribution < 1.29 is 53.2 Å². The number of esters is 3. The van der Waals surface area contributed by atoms with Crippen molar-refractivity contribution in [3.8, 4) is 0 Å². The smallest absolute Gasteiger partial charge is 0.340 e. The average Bonchev–Trinajstić information content (AvgIpc) is 2.77. The lowest BCUT2D eigenvalue weighted by Crippen LogP contribution is -2.47. The van der Waals surface area contributed by atoms with Crippen molar-refractivity contribution in [2.45, 2.75) is 40.2 Å². The number of amides is 1. The molecule has 1 aliphatic carbocycles. The Labute approximate surface area is 197 Å². The number of nitrogens with one attached hydrogen (secondary N) is 1. The first kappa shape index (κ1) is 32.2. The summed E-state index contributed by atoms with van der Waals surface area (Å²) in [6.07, 6.45) is 5.55. The number of rotatable bonds is 8. The minimum atomic E-state index is -1.37. The number of carboxylic acids is 2. The second kappa shape index (κ2) is 16.6. The molecule has 12 heteroatoms. The summed E-state index contributed by atoms with van der Waals surface area (Å²) in [4.78, 5) is 64.4. The molecule has 1 unspecified atom stereocenters. The first-order valence-corrected chi connectivity index (χ1v) is 9.95. The van der Waals surface area contributed by atoms with Crippen LogP contribution >= 0.6 is 0 Å². The molecule has 0 aromatic rings. The Morgan fingerprint density at radius 3 is 1.91 bits per heavy atom. The molecule has 0 heterocycles. The molecule has 0 radical (unpaired) electrons. The maximum atomic E-state index is 11.3. The molecule has 0 aromatic carbocycles. The molecule has 0 bridgehead atoms. The van der Waals surface area contributed by atoms with Crippen LogP contribution in [0.25, 0.3) is 0 Å². The largest absolute Gasteiger partial charge is 0.481 e. The molecule has 190 valence electrons. The summed E-state index contributed by atoms with van der Waals surface area (Å²) in [5, 5.41) is 19.6. The van der Waals surface area contributed by atoms with Gasteiger partial charge in [-0.25, -0.2) is 19.2 Å². The quantitative estimate of drug-likeness (QED) is 0.193. The van der Waals surface area contributed by atoms with E-state index in [4.69, 9.17) is 10.2 Å². The number of hydrogen-bond acceptors (Lipinski definition) is 9. The van der Waals surface area contributed by atoms with E-state index in [1.165, 1.54) is 39.2 Å². The maximum absolute atomic E-state index is 11.3. The topological polar surface area (TPSA) is 183 Å². The lowest BCUT2D eigenvalue weighted by atomic mass is 9.80. The van der Waals surface area contributed by atoms with E-state index in [-0.39, 0.29) is 25.2 Å². The first-order chi connectivity index (χ1) is 15.8. The Bertz CT molecular complexity index is 811. The predicted molar refractivity (Wildman–Crippen MR) is 118 cm³/mol. The van der Waals surface area contributed by atoms with Gasteiger partial charge in [-0.05, 0) is 27.2 Å². The van der Waals surface area contributed by atoms with Crippen molar-refractivity contribution >= 4 is 35.8 Å². The monoisotopic (exact) mass is 485 g/mol. The highest BCUT2D eigenvalue weighted by Gasteiger charge is 2.34. The number of aliphatic carboxylic acids is 2. The van der Waals surface area contributed by atoms with Gasteiger partial charge in [0.2, 0.25) is 11.9 Å². The number of hydrogen-bond donors (Lipinski definition) is 3.